The second-order valence-electron chi connectivity index (χ2n) is 3.73. The average Bonchev–Trinajstić information content (AvgIpc) is 2.86. The number of methoxy groups -OCH3 is 1. The van der Waals surface area contributed by atoms with Crippen molar-refractivity contribution in [1.82, 2.24) is 0 Å². The lowest BCUT2D eigenvalue weighted by Gasteiger charge is -2.12. The third-order valence-corrected chi connectivity index (χ3v) is 3.33. The number of rotatable bonds is 2. The summed E-state index contributed by atoms with van der Waals surface area (Å²) in [5, 5.41) is 2.99. The molecule has 2 nitrogen and oxygen atoms in total. The summed E-state index contributed by atoms with van der Waals surface area (Å²) in [5.41, 5.74) is -0.399. The van der Waals surface area contributed by atoms with Gasteiger partial charge in [-0.1, -0.05) is 18.2 Å². The van der Waals surface area contributed by atoms with E-state index in [1.165, 1.54) is 36.1 Å². The number of benzene rings is 1. The fourth-order valence-corrected chi connectivity index (χ4v) is 2.56. The molecular formula is C13H9F3O2S. The zero-order valence-electron chi connectivity index (χ0n) is 9.82. The standard InChI is InChI=1S/C13H9F3O2S/c1-18-12(17)10-7-19-6-9(10)8-4-2-3-5-11(8)13(14,15)16/h2-7H,1H3. The molecule has 1 aromatic carbocycles. The maximum atomic E-state index is 12.9. The number of hydrogen-bond acceptors (Lipinski definition) is 3. The van der Waals surface area contributed by atoms with Crippen molar-refractivity contribution in [3.63, 3.8) is 0 Å². The van der Waals surface area contributed by atoms with Crippen molar-refractivity contribution in [2.45, 2.75) is 6.18 Å². The molecule has 0 aliphatic rings. The Labute approximate surface area is 111 Å². The van der Waals surface area contributed by atoms with Crippen LogP contribution in [0, 0.1) is 0 Å². The molecule has 0 radical (unpaired) electrons. The molecule has 0 bridgehead atoms. The number of esters is 1. The SMILES string of the molecule is COC(=O)c1cscc1-c1ccccc1C(F)(F)F. The molecular weight excluding hydrogens is 277 g/mol. The first-order valence-electron chi connectivity index (χ1n) is 5.26. The molecule has 0 N–H and O–H groups in total. The highest BCUT2D eigenvalue weighted by Gasteiger charge is 2.34. The Bertz CT molecular complexity index is 602. The van der Waals surface area contributed by atoms with Gasteiger partial charge in [0.1, 0.15) is 0 Å². The van der Waals surface area contributed by atoms with Gasteiger partial charge in [0.2, 0.25) is 0 Å². The first kappa shape index (κ1) is 13.6. The van der Waals surface area contributed by atoms with Crippen molar-refractivity contribution < 1.29 is 22.7 Å². The van der Waals surface area contributed by atoms with Crippen molar-refractivity contribution in [2.75, 3.05) is 7.11 Å². The van der Waals surface area contributed by atoms with E-state index in [2.05, 4.69) is 4.74 Å². The molecule has 2 rings (SSSR count). The number of alkyl halides is 3. The van der Waals surface area contributed by atoms with Gasteiger partial charge < -0.3 is 4.74 Å². The van der Waals surface area contributed by atoms with Crippen LogP contribution in [0.2, 0.25) is 0 Å². The van der Waals surface area contributed by atoms with Gasteiger partial charge >= 0.3 is 12.1 Å². The van der Waals surface area contributed by atoms with Gasteiger partial charge in [0.25, 0.3) is 0 Å². The van der Waals surface area contributed by atoms with Gasteiger partial charge in [0.05, 0.1) is 18.2 Å². The van der Waals surface area contributed by atoms with Crippen LogP contribution < -0.4 is 0 Å². The van der Waals surface area contributed by atoms with Gasteiger partial charge in [0, 0.05) is 10.9 Å². The zero-order valence-corrected chi connectivity index (χ0v) is 10.6. The monoisotopic (exact) mass is 286 g/mol. The number of hydrogen-bond donors (Lipinski definition) is 0. The van der Waals surface area contributed by atoms with Crippen molar-refractivity contribution >= 4 is 17.3 Å². The average molecular weight is 286 g/mol. The molecule has 2 aromatic rings. The number of carbonyl (C=O) groups is 1. The molecule has 1 aromatic heterocycles. The molecule has 0 fully saturated rings. The highest BCUT2D eigenvalue weighted by Crippen LogP contribution is 2.39. The molecule has 19 heavy (non-hydrogen) atoms. The minimum Gasteiger partial charge on any atom is -0.465 e. The number of halogens is 3. The fraction of sp³-hybridized carbons (Fsp3) is 0.154. The molecule has 0 atom stereocenters. The molecule has 0 saturated carbocycles. The van der Waals surface area contributed by atoms with Gasteiger partial charge in [-0.2, -0.15) is 24.5 Å². The van der Waals surface area contributed by atoms with Crippen LogP contribution in [-0.2, 0) is 10.9 Å². The third-order valence-electron chi connectivity index (χ3n) is 2.59. The molecule has 100 valence electrons. The quantitative estimate of drug-likeness (QED) is 0.773. The van der Waals surface area contributed by atoms with Gasteiger partial charge in [-0.15, -0.1) is 0 Å². The largest absolute Gasteiger partial charge is 0.465 e. The maximum absolute atomic E-state index is 12.9. The smallest absolute Gasteiger partial charge is 0.417 e. The molecule has 0 aliphatic heterocycles. The van der Waals surface area contributed by atoms with E-state index in [1.807, 2.05) is 0 Å². The first-order valence-corrected chi connectivity index (χ1v) is 6.20. The van der Waals surface area contributed by atoms with Gasteiger partial charge in [0.15, 0.2) is 0 Å². The lowest BCUT2D eigenvalue weighted by Crippen LogP contribution is -2.08. The van der Waals surface area contributed by atoms with Crippen LogP contribution >= 0.6 is 11.3 Å². The maximum Gasteiger partial charge on any atom is 0.417 e. The Kier molecular flexibility index (Phi) is 3.61. The molecule has 0 spiro atoms. The Hall–Kier alpha value is -1.82. The number of thiophene rings is 1. The van der Waals surface area contributed by atoms with Crippen LogP contribution in [0.5, 0.6) is 0 Å². The topological polar surface area (TPSA) is 26.3 Å². The molecule has 0 unspecified atom stereocenters. The van der Waals surface area contributed by atoms with Crippen molar-refractivity contribution in [3.05, 3.63) is 46.2 Å². The van der Waals surface area contributed by atoms with E-state index < -0.39 is 17.7 Å². The highest BCUT2D eigenvalue weighted by atomic mass is 32.1. The summed E-state index contributed by atoms with van der Waals surface area (Å²) in [7, 11) is 1.19. The molecule has 1 heterocycles. The molecule has 0 aliphatic carbocycles. The van der Waals surface area contributed by atoms with Crippen LogP contribution in [0.25, 0.3) is 11.1 Å². The molecule has 6 heteroatoms. The van der Waals surface area contributed by atoms with E-state index in [4.69, 9.17) is 0 Å². The van der Waals surface area contributed by atoms with E-state index >= 15 is 0 Å². The van der Waals surface area contributed by atoms with E-state index in [0.29, 0.717) is 0 Å². The van der Waals surface area contributed by atoms with Crippen molar-refractivity contribution in [1.29, 1.82) is 0 Å². The minimum absolute atomic E-state index is 0.0170. The minimum atomic E-state index is -4.47. The summed E-state index contributed by atoms with van der Waals surface area (Å²) in [6.07, 6.45) is -4.47. The Morgan fingerprint density at radius 2 is 1.84 bits per heavy atom. The van der Waals surface area contributed by atoms with Crippen LogP contribution in [0.15, 0.2) is 35.0 Å². The Morgan fingerprint density at radius 1 is 1.16 bits per heavy atom. The number of ether oxygens (including phenoxy) is 1. The summed E-state index contributed by atoms with van der Waals surface area (Å²) < 4.78 is 43.4. The lowest BCUT2D eigenvalue weighted by molar-refractivity contribution is -0.137. The number of carbonyl (C=O) groups excluding carboxylic acids is 1. The van der Waals surface area contributed by atoms with Crippen LogP contribution in [0.3, 0.4) is 0 Å². The van der Waals surface area contributed by atoms with Crippen LogP contribution in [0.1, 0.15) is 15.9 Å². The highest BCUT2D eigenvalue weighted by molar-refractivity contribution is 7.08. The van der Waals surface area contributed by atoms with E-state index in [9.17, 15) is 18.0 Å². The zero-order chi connectivity index (χ0) is 14.0. The van der Waals surface area contributed by atoms with Gasteiger partial charge in [-0.05, 0) is 17.0 Å². The summed E-state index contributed by atoms with van der Waals surface area (Å²) in [4.78, 5) is 11.5. The predicted molar refractivity (Wildman–Crippen MR) is 66.1 cm³/mol. The van der Waals surface area contributed by atoms with Crippen molar-refractivity contribution in [2.24, 2.45) is 0 Å². The van der Waals surface area contributed by atoms with Crippen LogP contribution in [-0.4, -0.2) is 13.1 Å². The first-order chi connectivity index (χ1) is 8.95. The van der Waals surface area contributed by atoms with E-state index in [0.717, 1.165) is 17.4 Å². The van der Waals surface area contributed by atoms with E-state index in [-0.39, 0.29) is 16.7 Å². The summed E-state index contributed by atoms with van der Waals surface area (Å²) in [5.74, 6) is -0.645. The van der Waals surface area contributed by atoms with Crippen molar-refractivity contribution in [3.8, 4) is 11.1 Å². The molecule has 0 saturated heterocycles. The van der Waals surface area contributed by atoms with Crippen LogP contribution in [0.4, 0.5) is 13.2 Å². The third kappa shape index (κ3) is 2.63. The summed E-state index contributed by atoms with van der Waals surface area (Å²) in [6.45, 7) is 0. The summed E-state index contributed by atoms with van der Waals surface area (Å²) >= 11 is 1.16. The second-order valence-corrected chi connectivity index (χ2v) is 4.48. The second kappa shape index (κ2) is 5.05. The Balaban J connectivity index is 2.61. The lowest BCUT2D eigenvalue weighted by atomic mass is 9.98. The van der Waals surface area contributed by atoms with E-state index in [1.54, 1.807) is 0 Å². The van der Waals surface area contributed by atoms with Gasteiger partial charge in [-0.25, -0.2) is 4.79 Å². The molecule has 0 amide bonds. The summed E-state index contributed by atoms with van der Waals surface area (Å²) in [6, 6.07) is 5.16. The predicted octanol–water partition coefficient (Wildman–Crippen LogP) is 4.22. The Morgan fingerprint density at radius 3 is 2.47 bits per heavy atom. The normalized spacial score (nSPS) is 11.4. The fourth-order valence-electron chi connectivity index (χ4n) is 1.74. The van der Waals surface area contributed by atoms with Gasteiger partial charge in [-0.3, -0.25) is 0 Å².